The van der Waals surface area contributed by atoms with Crippen LogP contribution >= 0.6 is 0 Å². The smallest absolute Gasteiger partial charge is 0.226 e. The van der Waals surface area contributed by atoms with Gasteiger partial charge in [-0.3, -0.25) is 4.79 Å². The van der Waals surface area contributed by atoms with Crippen LogP contribution in [-0.2, 0) is 9.53 Å². The fourth-order valence-corrected chi connectivity index (χ4v) is 0.875. The number of rotatable bonds is 7. The molecule has 0 radical (unpaired) electrons. The molecule has 80 valence electrons. The van der Waals surface area contributed by atoms with Gasteiger partial charge in [-0.25, -0.2) is 0 Å². The average molecular weight is 204 g/mol. The van der Waals surface area contributed by atoms with Gasteiger partial charge in [-0.05, 0) is 6.92 Å². The van der Waals surface area contributed by atoms with E-state index in [-0.39, 0.29) is 11.5 Å². The van der Waals surface area contributed by atoms with E-state index in [0.717, 1.165) is 0 Å². The van der Waals surface area contributed by atoms with Gasteiger partial charge in [0.25, 0.3) is 0 Å². The Labute approximate surface area is 90.9 Å². The summed E-state index contributed by atoms with van der Waals surface area (Å²) in [5, 5.41) is 0. The highest BCUT2D eigenvalue weighted by Gasteiger charge is 2.10. The number of carbonyl (C=O) groups is 1. The lowest BCUT2D eigenvalue weighted by molar-refractivity contribution is -0.115. The molecule has 0 spiro atoms. The third-order valence-corrected chi connectivity index (χ3v) is 1.58. The molecule has 0 N–H and O–H groups in total. The minimum Gasteiger partial charge on any atom is -0.490 e. The summed E-state index contributed by atoms with van der Waals surface area (Å²) >= 11 is 0. The molecular weight excluding hydrogens is 188 g/mol. The van der Waals surface area contributed by atoms with E-state index in [4.69, 9.17) is 4.74 Å². The maximum Gasteiger partial charge on any atom is 0.226 e. The molecule has 0 aliphatic rings. The highest BCUT2D eigenvalue weighted by Crippen LogP contribution is 2.07. The van der Waals surface area contributed by atoms with E-state index < -0.39 is 0 Å². The maximum atomic E-state index is 11.6. The Morgan fingerprint density at radius 3 is 2.47 bits per heavy atom. The minimum absolute atomic E-state index is 0.135. The van der Waals surface area contributed by atoms with Gasteiger partial charge in [0, 0.05) is 5.57 Å². The molecule has 0 saturated carbocycles. The average Bonchev–Trinajstić information content (AvgIpc) is 2.24. The van der Waals surface area contributed by atoms with Crippen LogP contribution < -0.4 is 0 Å². The maximum absolute atomic E-state index is 11.6. The van der Waals surface area contributed by atoms with Crippen LogP contribution in [-0.4, -0.2) is 12.4 Å². The second kappa shape index (κ2) is 7.56. The lowest BCUT2D eigenvalue weighted by Crippen LogP contribution is -2.06. The molecule has 0 aliphatic heterocycles. The van der Waals surface area contributed by atoms with Gasteiger partial charge in [-0.15, -0.1) is 0 Å². The van der Waals surface area contributed by atoms with Crippen molar-refractivity contribution in [2.24, 2.45) is 0 Å². The molecule has 0 aromatic heterocycles. The largest absolute Gasteiger partial charge is 0.490 e. The van der Waals surface area contributed by atoms with Crippen molar-refractivity contribution in [2.75, 3.05) is 6.61 Å². The van der Waals surface area contributed by atoms with Gasteiger partial charge in [0.05, 0.1) is 6.61 Å². The molecule has 0 bridgehead atoms. The summed E-state index contributed by atoms with van der Waals surface area (Å²) in [4.78, 5) is 11.6. The van der Waals surface area contributed by atoms with Crippen LogP contribution in [0.1, 0.15) is 6.92 Å². The van der Waals surface area contributed by atoms with Gasteiger partial charge >= 0.3 is 0 Å². The molecule has 2 heteroatoms. The fourth-order valence-electron chi connectivity index (χ4n) is 0.875. The summed E-state index contributed by atoms with van der Waals surface area (Å²) in [5.41, 5.74) is 0.451. The summed E-state index contributed by atoms with van der Waals surface area (Å²) in [5.74, 6) is -0.115. The lowest BCUT2D eigenvalue weighted by Gasteiger charge is -2.05. The third-order valence-electron chi connectivity index (χ3n) is 1.58. The Bertz CT molecular complexity index is 319. The van der Waals surface area contributed by atoms with Gasteiger partial charge in [0.2, 0.25) is 5.78 Å². The van der Waals surface area contributed by atoms with Crippen LogP contribution in [0.15, 0.2) is 61.4 Å². The van der Waals surface area contributed by atoms with Gasteiger partial charge < -0.3 is 4.74 Å². The fraction of sp³-hybridized carbons (Fsp3) is 0.154. The highest BCUT2D eigenvalue weighted by atomic mass is 16.5. The van der Waals surface area contributed by atoms with Crippen molar-refractivity contribution >= 4 is 5.78 Å². The van der Waals surface area contributed by atoms with Gasteiger partial charge in [0.1, 0.15) is 0 Å². The normalized spacial score (nSPS) is 11.1. The zero-order valence-electron chi connectivity index (χ0n) is 9.03. The molecule has 0 saturated heterocycles. The minimum atomic E-state index is -0.249. The number of ketones is 1. The van der Waals surface area contributed by atoms with Crippen LogP contribution in [0.5, 0.6) is 0 Å². The summed E-state index contributed by atoms with van der Waals surface area (Å²) in [6, 6.07) is 0. The van der Waals surface area contributed by atoms with Crippen LogP contribution in [0, 0.1) is 0 Å². The van der Waals surface area contributed by atoms with Gasteiger partial charge in [-0.1, -0.05) is 50.1 Å². The summed E-state index contributed by atoms with van der Waals surface area (Å²) in [6.45, 7) is 12.8. The Kier molecular flexibility index (Phi) is 6.64. The molecular formula is C13H16O2. The Hall–Kier alpha value is -1.83. The standard InChI is InChI=1S/C13H16O2/c1-5-8-9-10-12(6-2)13(14)11(4)15-7-3/h5-6,8-10H,1-2,4,7H2,3H3/b9-8-,12-10+. The molecule has 0 aliphatic carbocycles. The lowest BCUT2D eigenvalue weighted by atomic mass is 10.1. The SMILES string of the molecule is C=C/C=C\C=C(/C=C)C(=O)C(=C)OCC. The summed E-state index contributed by atoms with van der Waals surface area (Å²) in [7, 11) is 0. The van der Waals surface area contributed by atoms with Crippen molar-refractivity contribution in [3.05, 3.63) is 61.4 Å². The van der Waals surface area contributed by atoms with Crippen molar-refractivity contribution < 1.29 is 9.53 Å². The number of Topliss-reactive ketones (excluding diaryl/α,β-unsaturated/α-hetero) is 1. The molecule has 0 fully saturated rings. The van der Waals surface area contributed by atoms with Crippen molar-refractivity contribution in [2.45, 2.75) is 6.92 Å². The first-order valence-corrected chi connectivity index (χ1v) is 4.65. The van der Waals surface area contributed by atoms with E-state index in [1.807, 2.05) is 0 Å². The molecule has 0 aromatic carbocycles. The molecule has 15 heavy (non-hydrogen) atoms. The second-order valence-electron chi connectivity index (χ2n) is 2.63. The topological polar surface area (TPSA) is 26.3 Å². The molecule has 0 aromatic rings. The van der Waals surface area contributed by atoms with E-state index in [2.05, 4.69) is 19.7 Å². The summed E-state index contributed by atoms with van der Waals surface area (Å²) in [6.07, 6.45) is 8.17. The van der Waals surface area contributed by atoms with Crippen LogP contribution in [0.25, 0.3) is 0 Å². The van der Waals surface area contributed by atoms with Crippen LogP contribution in [0.3, 0.4) is 0 Å². The molecule has 0 rings (SSSR count). The third kappa shape index (κ3) is 4.81. The molecule has 2 nitrogen and oxygen atoms in total. The number of hydrogen-bond donors (Lipinski definition) is 0. The zero-order valence-corrected chi connectivity index (χ0v) is 9.03. The van der Waals surface area contributed by atoms with Crippen LogP contribution in [0.4, 0.5) is 0 Å². The predicted molar refractivity (Wildman–Crippen MR) is 63.4 cm³/mol. The van der Waals surface area contributed by atoms with E-state index in [9.17, 15) is 4.79 Å². The number of allylic oxidation sites excluding steroid dienone is 6. The Morgan fingerprint density at radius 1 is 1.33 bits per heavy atom. The molecule has 0 atom stereocenters. The second-order valence-corrected chi connectivity index (χ2v) is 2.63. The van der Waals surface area contributed by atoms with Crippen LogP contribution in [0.2, 0.25) is 0 Å². The van der Waals surface area contributed by atoms with E-state index in [1.165, 1.54) is 6.08 Å². The van der Waals surface area contributed by atoms with Crippen molar-refractivity contribution in [1.82, 2.24) is 0 Å². The van der Waals surface area contributed by atoms with E-state index >= 15 is 0 Å². The van der Waals surface area contributed by atoms with Crippen molar-refractivity contribution in [3.8, 4) is 0 Å². The Morgan fingerprint density at radius 2 is 2.00 bits per heavy atom. The number of hydrogen-bond acceptors (Lipinski definition) is 2. The zero-order chi connectivity index (χ0) is 11.7. The predicted octanol–water partition coefficient (Wildman–Crippen LogP) is 2.96. The first-order chi connectivity index (χ1) is 7.17. The number of ether oxygens (including phenoxy) is 1. The quantitative estimate of drug-likeness (QED) is 0.362. The molecule has 0 heterocycles. The monoisotopic (exact) mass is 204 g/mol. The molecule has 0 unspecified atom stereocenters. The van der Waals surface area contributed by atoms with Crippen molar-refractivity contribution in [3.63, 3.8) is 0 Å². The number of carbonyl (C=O) groups excluding carboxylic acids is 1. The summed E-state index contributed by atoms with van der Waals surface area (Å²) < 4.78 is 5.02. The van der Waals surface area contributed by atoms with E-state index in [0.29, 0.717) is 12.2 Å². The van der Waals surface area contributed by atoms with Gasteiger partial charge in [-0.2, -0.15) is 0 Å². The Balaban J connectivity index is 4.67. The first-order valence-electron chi connectivity index (χ1n) is 4.65. The molecule has 0 amide bonds. The van der Waals surface area contributed by atoms with Gasteiger partial charge in [0.15, 0.2) is 5.76 Å². The van der Waals surface area contributed by atoms with Crippen molar-refractivity contribution in [1.29, 1.82) is 0 Å². The first kappa shape index (κ1) is 13.2. The van der Waals surface area contributed by atoms with E-state index in [1.54, 1.807) is 31.2 Å². The highest BCUT2D eigenvalue weighted by molar-refractivity contribution is 6.08.